The van der Waals surface area contributed by atoms with E-state index in [1.807, 2.05) is 0 Å². The average molecular weight is 183 g/mol. The first-order valence-electron chi connectivity index (χ1n) is 2.61. The topological polar surface area (TPSA) is 0 Å². The Balaban J connectivity index is 3.14. The molecule has 0 amide bonds. The third-order valence-corrected chi connectivity index (χ3v) is 6.55. The number of halogens is 1. The van der Waals surface area contributed by atoms with Crippen molar-refractivity contribution in [2.45, 2.75) is 26.4 Å². The fourth-order valence-electron chi connectivity index (χ4n) is 0.365. The molecule has 0 aliphatic carbocycles. The van der Waals surface area contributed by atoms with Gasteiger partial charge in [0, 0.05) is 0 Å². The lowest BCUT2D eigenvalue weighted by Gasteiger charge is -2.09. The summed E-state index contributed by atoms with van der Waals surface area (Å²) in [6.07, 6.45) is 1.30. The van der Waals surface area contributed by atoms with Gasteiger partial charge in [-0.05, 0) is 18.4 Å². The molecule has 0 rings (SSSR count). The molecule has 0 heterocycles. The molecule has 7 heavy (non-hydrogen) atoms. The van der Waals surface area contributed by atoms with Crippen molar-refractivity contribution in [1.82, 2.24) is 0 Å². The smallest absolute Gasteiger partial charge is 0.0168 e. The highest BCUT2D eigenvalue weighted by Gasteiger charge is 2.02. The maximum Gasteiger partial charge on any atom is -0.0168 e. The molecule has 0 saturated heterocycles. The first-order valence-corrected chi connectivity index (χ1v) is 6.22. The van der Waals surface area contributed by atoms with Crippen LogP contribution < -0.4 is 0 Å². The van der Waals surface area contributed by atoms with Crippen LogP contribution in [-0.2, 0) is 0 Å². The van der Waals surface area contributed by atoms with Gasteiger partial charge in [0.2, 0.25) is 0 Å². The summed E-state index contributed by atoms with van der Waals surface area (Å²) in [6, 6.07) is 0. The van der Waals surface area contributed by atoms with Gasteiger partial charge >= 0.3 is 0 Å². The van der Waals surface area contributed by atoms with E-state index < -0.39 is 0 Å². The Kier molecular flexibility index (Phi) is 4.36. The Labute approximate surface area is 55.2 Å². The molecule has 0 spiro atoms. The number of rotatable bonds is 2. The zero-order chi connectivity index (χ0) is 5.86. The van der Waals surface area contributed by atoms with Gasteiger partial charge in [-0.15, -0.1) is 0 Å². The van der Waals surface area contributed by atoms with E-state index in [1.165, 1.54) is 6.16 Å². The van der Waals surface area contributed by atoms with Gasteiger partial charge in [-0.3, -0.25) is 0 Å². The molecule has 0 fully saturated rings. The Hall–Kier alpha value is 0.910. The van der Waals surface area contributed by atoms with Crippen LogP contribution in [0.5, 0.6) is 0 Å². The van der Waals surface area contributed by atoms with Crippen molar-refractivity contribution in [2.24, 2.45) is 0 Å². The number of hydrogen-bond acceptors (Lipinski definition) is 0. The molecule has 0 aromatic carbocycles. The van der Waals surface area contributed by atoms with Crippen LogP contribution in [0.3, 0.4) is 0 Å². The van der Waals surface area contributed by atoms with Crippen molar-refractivity contribution >= 4 is 22.1 Å². The fourth-order valence-corrected chi connectivity index (χ4v) is 1.10. The van der Waals surface area contributed by atoms with Gasteiger partial charge < -0.3 is 0 Å². The highest BCUT2D eigenvalue weighted by atomic mass is 79.9. The van der Waals surface area contributed by atoms with E-state index in [0.717, 1.165) is 5.66 Å². The van der Waals surface area contributed by atoms with Crippen molar-refractivity contribution in [3.63, 3.8) is 0 Å². The van der Waals surface area contributed by atoms with Crippen LogP contribution in [0.25, 0.3) is 0 Å². The summed E-state index contributed by atoms with van der Waals surface area (Å²) < 4.78 is 0. The fraction of sp³-hybridized carbons (Fsp3) is 1.00. The standard InChI is InChI=1S/C5H12BrP/c1-4-7(6)5(2)3/h5H,4H2,1-3H3. The lowest BCUT2D eigenvalue weighted by atomic mass is 10.6. The van der Waals surface area contributed by atoms with Crippen molar-refractivity contribution in [3.05, 3.63) is 0 Å². The summed E-state index contributed by atoms with van der Waals surface area (Å²) in [5, 5.41) is 0. The maximum atomic E-state index is 3.61. The number of hydrogen-bond donors (Lipinski definition) is 0. The van der Waals surface area contributed by atoms with Crippen molar-refractivity contribution in [3.8, 4) is 0 Å². The molecule has 0 aliphatic rings. The molecule has 0 aromatic rings. The third kappa shape index (κ3) is 3.49. The van der Waals surface area contributed by atoms with Crippen LogP contribution in [0.2, 0.25) is 0 Å². The van der Waals surface area contributed by atoms with E-state index in [9.17, 15) is 0 Å². The first kappa shape index (κ1) is 7.91. The molecule has 0 bridgehead atoms. The molecule has 44 valence electrons. The molecule has 0 aromatic heterocycles. The van der Waals surface area contributed by atoms with E-state index in [2.05, 4.69) is 36.3 Å². The molecule has 0 saturated carbocycles. The van der Waals surface area contributed by atoms with E-state index in [-0.39, 0.29) is 6.62 Å². The van der Waals surface area contributed by atoms with Crippen LogP contribution in [-0.4, -0.2) is 11.8 Å². The monoisotopic (exact) mass is 182 g/mol. The Morgan fingerprint density at radius 1 is 1.57 bits per heavy atom. The minimum Gasteiger partial charge on any atom is -0.0606 e. The third-order valence-electron chi connectivity index (χ3n) is 0.862. The quantitative estimate of drug-likeness (QED) is 0.576. The molecule has 0 N–H and O–H groups in total. The molecular weight excluding hydrogens is 171 g/mol. The van der Waals surface area contributed by atoms with Crippen LogP contribution in [0.1, 0.15) is 20.8 Å². The second kappa shape index (κ2) is 3.86. The predicted molar refractivity (Wildman–Crippen MR) is 41.5 cm³/mol. The largest absolute Gasteiger partial charge is 0.0606 e. The van der Waals surface area contributed by atoms with Crippen LogP contribution in [0.4, 0.5) is 0 Å². The normalized spacial score (nSPS) is 15.0. The molecular formula is C5H12BrP. The molecule has 1 unspecified atom stereocenters. The zero-order valence-electron chi connectivity index (χ0n) is 5.11. The van der Waals surface area contributed by atoms with Crippen molar-refractivity contribution in [2.75, 3.05) is 6.16 Å². The highest BCUT2D eigenvalue weighted by molar-refractivity contribution is 9.39. The van der Waals surface area contributed by atoms with Crippen molar-refractivity contribution in [1.29, 1.82) is 0 Å². The van der Waals surface area contributed by atoms with Crippen LogP contribution in [0.15, 0.2) is 0 Å². The average Bonchev–Trinajstić information content (AvgIpc) is 1.65. The van der Waals surface area contributed by atoms with Gasteiger partial charge in [-0.1, -0.05) is 36.3 Å². The minimum atomic E-state index is 0.175. The highest BCUT2D eigenvalue weighted by Crippen LogP contribution is 2.47. The lowest BCUT2D eigenvalue weighted by Crippen LogP contribution is -1.87. The summed E-state index contributed by atoms with van der Waals surface area (Å²) in [7, 11) is 0. The van der Waals surface area contributed by atoms with Gasteiger partial charge in [-0.25, -0.2) is 0 Å². The van der Waals surface area contributed by atoms with Gasteiger partial charge in [0.05, 0.1) is 0 Å². The SMILES string of the molecule is CCP(Br)C(C)C. The van der Waals surface area contributed by atoms with Crippen LogP contribution in [0, 0.1) is 0 Å². The molecule has 2 heteroatoms. The van der Waals surface area contributed by atoms with Crippen LogP contribution >= 0.6 is 22.1 Å². The molecule has 1 atom stereocenters. The van der Waals surface area contributed by atoms with Crippen molar-refractivity contribution < 1.29 is 0 Å². The Morgan fingerprint density at radius 3 is 2.00 bits per heavy atom. The zero-order valence-corrected chi connectivity index (χ0v) is 7.59. The second-order valence-electron chi connectivity index (χ2n) is 1.81. The van der Waals surface area contributed by atoms with E-state index in [1.54, 1.807) is 0 Å². The predicted octanol–water partition coefficient (Wildman–Crippen LogP) is 3.21. The lowest BCUT2D eigenvalue weighted by molar-refractivity contribution is 1.10. The van der Waals surface area contributed by atoms with E-state index in [0.29, 0.717) is 0 Å². The summed E-state index contributed by atoms with van der Waals surface area (Å²) in [6.45, 7) is 6.91. The Morgan fingerprint density at radius 2 is 2.00 bits per heavy atom. The summed E-state index contributed by atoms with van der Waals surface area (Å²) in [5.74, 6) is 0. The van der Waals surface area contributed by atoms with E-state index in [4.69, 9.17) is 0 Å². The summed E-state index contributed by atoms with van der Waals surface area (Å²) >= 11 is 3.61. The van der Waals surface area contributed by atoms with Gasteiger partial charge in [0.1, 0.15) is 0 Å². The molecule has 0 nitrogen and oxygen atoms in total. The summed E-state index contributed by atoms with van der Waals surface area (Å²) in [5.41, 5.74) is 0.847. The minimum absolute atomic E-state index is 0.175. The first-order chi connectivity index (χ1) is 3.18. The van der Waals surface area contributed by atoms with Gasteiger partial charge in [-0.2, -0.15) is 0 Å². The van der Waals surface area contributed by atoms with E-state index >= 15 is 0 Å². The van der Waals surface area contributed by atoms with Gasteiger partial charge in [0.15, 0.2) is 0 Å². The molecule has 0 aliphatic heterocycles. The van der Waals surface area contributed by atoms with Gasteiger partial charge in [0.25, 0.3) is 0 Å². The summed E-state index contributed by atoms with van der Waals surface area (Å²) in [4.78, 5) is 0. The second-order valence-corrected chi connectivity index (χ2v) is 7.01. The molecule has 0 radical (unpaired) electrons. The Bertz CT molecular complexity index is 45.3. The maximum absolute atomic E-state index is 3.61.